The van der Waals surface area contributed by atoms with E-state index in [9.17, 15) is 0 Å². The summed E-state index contributed by atoms with van der Waals surface area (Å²) in [6.45, 7) is 2.25. The van der Waals surface area contributed by atoms with Gasteiger partial charge >= 0.3 is 0 Å². The molecule has 0 heterocycles. The Labute approximate surface area is 120 Å². The van der Waals surface area contributed by atoms with Crippen molar-refractivity contribution < 1.29 is 0 Å². The Morgan fingerprint density at radius 3 is 1.83 bits per heavy atom. The van der Waals surface area contributed by atoms with Gasteiger partial charge in [0.15, 0.2) is 0 Å². The van der Waals surface area contributed by atoms with Crippen LogP contribution in [0.25, 0.3) is 0 Å². The molecule has 0 saturated heterocycles. The van der Waals surface area contributed by atoms with Crippen molar-refractivity contribution in [1.29, 1.82) is 0 Å². The lowest BCUT2D eigenvalue weighted by molar-refractivity contribution is 0.640. The Bertz CT molecular complexity index is 194. The maximum absolute atomic E-state index is 4.22. The Balaban J connectivity index is 3.13. The van der Waals surface area contributed by atoms with Crippen molar-refractivity contribution in [3.8, 4) is 0 Å². The molecule has 0 fully saturated rings. The third kappa shape index (κ3) is 15.8. The van der Waals surface area contributed by atoms with Crippen LogP contribution >= 0.6 is 12.6 Å². The minimum atomic E-state index is 1.05. The molecule has 0 rings (SSSR count). The lowest BCUT2D eigenvalue weighted by Crippen LogP contribution is -1.79. The van der Waals surface area contributed by atoms with Crippen molar-refractivity contribution in [3.63, 3.8) is 0 Å². The van der Waals surface area contributed by atoms with E-state index in [1.54, 1.807) is 0 Å². The van der Waals surface area contributed by atoms with E-state index in [0.29, 0.717) is 0 Å². The molecule has 0 amide bonds. The summed E-state index contributed by atoms with van der Waals surface area (Å²) >= 11 is 4.22. The molecule has 0 spiro atoms. The first kappa shape index (κ1) is 17.8. The highest BCUT2D eigenvalue weighted by Gasteiger charge is 1.87. The molecule has 0 unspecified atom stereocenters. The van der Waals surface area contributed by atoms with E-state index < -0.39 is 0 Å². The molecule has 0 aliphatic rings. The highest BCUT2D eigenvalue weighted by molar-refractivity contribution is 7.80. The molecule has 0 saturated carbocycles. The zero-order valence-corrected chi connectivity index (χ0v) is 13.1. The molecule has 0 bridgehead atoms. The van der Waals surface area contributed by atoms with Gasteiger partial charge in [0.05, 0.1) is 0 Å². The van der Waals surface area contributed by atoms with E-state index >= 15 is 0 Å². The molecule has 0 aliphatic heterocycles. The minimum absolute atomic E-state index is 1.05. The lowest BCUT2D eigenvalue weighted by Gasteiger charge is -1.97. The van der Waals surface area contributed by atoms with Crippen molar-refractivity contribution in [2.24, 2.45) is 0 Å². The smallest absolute Gasteiger partial charge is 0.00979 e. The zero-order chi connectivity index (χ0) is 13.3. The third-order valence-electron chi connectivity index (χ3n) is 3.11. The second-order valence-corrected chi connectivity index (χ2v) is 5.40. The zero-order valence-electron chi connectivity index (χ0n) is 12.2. The van der Waals surface area contributed by atoms with Gasteiger partial charge < -0.3 is 0 Å². The van der Waals surface area contributed by atoms with Gasteiger partial charge in [-0.3, -0.25) is 0 Å². The lowest BCUT2D eigenvalue weighted by atomic mass is 10.1. The molecule has 0 aromatic carbocycles. The number of hydrogen-bond acceptors (Lipinski definition) is 1. The Morgan fingerprint density at radius 2 is 1.22 bits per heavy atom. The Kier molecular flexibility index (Phi) is 16.7. The average Bonchev–Trinajstić information content (AvgIpc) is 2.39. The molecule has 0 aromatic rings. The maximum Gasteiger partial charge on any atom is -0.00979 e. The van der Waals surface area contributed by atoms with Crippen LogP contribution in [-0.4, -0.2) is 5.75 Å². The molecule has 18 heavy (non-hydrogen) atoms. The summed E-state index contributed by atoms with van der Waals surface area (Å²) < 4.78 is 0. The predicted molar refractivity (Wildman–Crippen MR) is 88.6 cm³/mol. The van der Waals surface area contributed by atoms with Crippen LogP contribution in [0.2, 0.25) is 0 Å². The number of unbranched alkanes of at least 4 members (excludes halogenated alkanes) is 8. The Morgan fingerprint density at radius 1 is 0.667 bits per heavy atom. The van der Waals surface area contributed by atoms with Gasteiger partial charge in [-0.1, -0.05) is 63.3 Å². The summed E-state index contributed by atoms with van der Waals surface area (Å²) in [4.78, 5) is 0. The molecule has 106 valence electrons. The molecule has 0 aromatic heterocycles. The van der Waals surface area contributed by atoms with Crippen molar-refractivity contribution in [2.75, 3.05) is 5.75 Å². The molecular formula is C17H32S. The minimum Gasteiger partial charge on any atom is -0.179 e. The fraction of sp³-hybridized carbons (Fsp3) is 0.765. The highest BCUT2D eigenvalue weighted by atomic mass is 32.1. The molecule has 0 nitrogen and oxygen atoms in total. The van der Waals surface area contributed by atoms with Crippen molar-refractivity contribution in [1.82, 2.24) is 0 Å². The van der Waals surface area contributed by atoms with Gasteiger partial charge in [-0.2, -0.15) is 12.6 Å². The summed E-state index contributed by atoms with van der Waals surface area (Å²) in [5.41, 5.74) is 0. The Hall–Kier alpha value is -0.170. The summed E-state index contributed by atoms with van der Waals surface area (Å²) in [5.74, 6) is 1.05. The van der Waals surface area contributed by atoms with E-state index in [0.717, 1.165) is 12.2 Å². The standard InChI is InChI=1S/C17H32S/c1-2-3-4-5-6-7-8-9-10-11-12-13-14-15-16-17-18/h6-7,9-10,18H,2-5,8,11-17H2,1H3/b7-6-,10-9-. The van der Waals surface area contributed by atoms with E-state index in [2.05, 4.69) is 43.9 Å². The monoisotopic (exact) mass is 268 g/mol. The predicted octanol–water partition coefficient (Wildman–Crippen LogP) is 6.34. The second kappa shape index (κ2) is 16.8. The van der Waals surface area contributed by atoms with Gasteiger partial charge in [-0.05, 0) is 44.3 Å². The first-order valence-corrected chi connectivity index (χ1v) is 8.46. The van der Waals surface area contributed by atoms with Gasteiger partial charge in [0.25, 0.3) is 0 Å². The number of thiol groups is 1. The van der Waals surface area contributed by atoms with Crippen LogP contribution in [0.15, 0.2) is 24.3 Å². The van der Waals surface area contributed by atoms with Crippen molar-refractivity contribution in [3.05, 3.63) is 24.3 Å². The summed E-state index contributed by atoms with van der Waals surface area (Å²) in [6.07, 6.45) is 23.7. The molecule has 1 heteroatoms. The van der Waals surface area contributed by atoms with Crippen LogP contribution in [0.5, 0.6) is 0 Å². The number of hydrogen-bond donors (Lipinski definition) is 1. The van der Waals surface area contributed by atoms with E-state index in [1.165, 1.54) is 64.2 Å². The summed E-state index contributed by atoms with van der Waals surface area (Å²) in [7, 11) is 0. The van der Waals surface area contributed by atoms with Gasteiger partial charge in [-0.15, -0.1) is 0 Å². The van der Waals surface area contributed by atoms with E-state index in [4.69, 9.17) is 0 Å². The van der Waals surface area contributed by atoms with Crippen LogP contribution < -0.4 is 0 Å². The van der Waals surface area contributed by atoms with Crippen LogP contribution in [0.1, 0.15) is 77.6 Å². The van der Waals surface area contributed by atoms with Gasteiger partial charge in [0, 0.05) is 0 Å². The van der Waals surface area contributed by atoms with Crippen LogP contribution in [0, 0.1) is 0 Å². The first-order chi connectivity index (χ1) is 8.91. The maximum atomic E-state index is 4.22. The van der Waals surface area contributed by atoms with Crippen LogP contribution in [0.4, 0.5) is 0 Å². The van der Waals surface area contributed by atoms with Gasteiger partial charge in [-0.25, -0.2) is 0 Å². The van der Waals surface area contributed by atoms with Crippen molar-refractivity contribution in [2.45, 2.75) is 77.6 Å². The van der Waals surface area contributed by atoms with Gasteiger partial charge in [0.1, 0.15) is 0 Å². The van der Waals surface area contributed by atoms with Gasteiger partial charge in [0.2, 0.25) is 0 Å². The van der Waals surface area contributed by atoms with Crippen LogP contribution in [0.3, 0.4) is 0 Å². The number of rotatable bonds is 13. The fourth-order valence-electron chi connectivity index (χ4n) is 1.92. The molecule has 0 radical (unpaired) electrons. The molecule has 0 atom stereocenters. The SMILES string of the molecule is CCCCC/C=C\C/C=C\CCCCCCCS. The summed E-state index contributed by atoms with van der Waals surface area (Å²) in [6, 6.07) is 0. The largest absolute Gasteiger partial charge is 0.179 e. The molecular weight excluding hydrogens is 236 g/mol. The average molecular weight is 269 g/mol. The molecule has 0 N–H and O–H groups in total. The molecule has 0 aliphatic carbocycles. The van der Waals surface area contributed by atoms with E-state index in [-0.39, 0.29) is 0 Å². The quantitative estimate of drug-likeness (QED) is 0.225. The normalized spacial score (nSPS) is 11.9. The topological polar surface area (TPSA) is 0 Å². The first-order valence-electron chi connectivity index (χ1n) is 7.82. The van der Waals surface area contributed by atoms with Crippen LogP contribution in [-0.2, 0) is 0 Å². The summed E-state index contributed by atoms with van der Waals surface area (Å²) in [5, 5.41) is 0. The second-order valence-electron chi connectivity index (χ2n) is 4.95. The fourth-order valence-corrected chi connectivity index (χ4v) is 2.15. The highest BCUT2D eigenvalue weighted by Crippen LogP contribution is 2.06. The van der Waals surface area contributed by atoms with Crippen molar-refractivity contribution >= 4 is 12.6 Å². The number of allylic oxidation sites excluding steroid dienone is 4. The third-order valence-corrected chi connectivity index (χ3v) is 3.42. The van der Waals surface area contributed by atoms with E-state index in [1.807, 2.05) is 0 Å².